The SMILES string of the molecule is CCCCOCCOc1cc(Cl)nc(CC)n1. The predicted octanol–water partition coefficient (Wildman–Crippen LogP) is 2.89. The molecular weight excluding hydrogens is 240 g/mol. The molecule has 0 saturated carbocycles. The molecule has 0 atom stereocenters. The summed E-state index contributed by atoms with van der Waals surface area (Å²) < 4.78 is 10.8. The van der Waals surface area contributed by atoms with E-state index >= 15 is 0 Å². The molecule has 0 aliphatic rings. The van der Waals surface area contributed by atoms with E-state index in [9.17, 15) is 0 Å². The standard InChI is InChI=1S/C12H19ClN2O2/c1-3-5-6-16-7-8-17-12-9-10(13)14-11(4-2)15-12/h9H,3-8H2,1-2H3. The normalized spacial score (nSPS) is 10.5. The van der Waals surface area contributed by atoms with Gasteiger partial charge >= 0.3 is 0 Å². The molecule has 0 aliphatic heterocycles. The monoisotopic (exact) mass is 258 g/mol. The van der Waals surface area contributed by atoms with E-state index in [1.807, 2.05) is 6.92 Å². The molecule has 96 valence electrons. The van der Waals surface area contributed by atoms with Gasteiger partial charge in [-0.3, -0.25) is 0 Å². The van der Waals surface area contributed by atoms with E-state index in [2.05, 4.69) is 16.9 Å². The Hall–Kier alpha value is -0.870. The Morgan fingerprint density at radius 3 is 2.71 bits per heavy atom. The maximum atomic E-state index is 5.85. The van der Waals surface area contributed by atoms with Crippen LogP contribution in [0.1, 0.15) is 32.5 Å². The van der Waals surface area contributed by atoms with Gasteiger partial charge in [0, 0.05) is 19.1 Å². The van der Waals surface area contributed by atoms with Gasteiger partial charge < -0.3 is 9.47 Å². The first kappa shape index (κ1) is 14.2. The fourth-order valence-corrected chi connectivity index (χ4v) is 1.42. The van der Waals surface area contributed by atoms with Crippen molar-refractivity contribution in [3.05, 3.63) is 17.0 Å². The summed E-state index contributed by atoms with van der Waals surface area (Å²) in [6.45, 7) is 5.95. The highest BCUT2D eigenvalue weighted by molar-refractivity contribution is 6.29. The zero-order chi connectivity index (χ0) is 12.5. The minimum absolute atomic E-state index is 0.416. The maximum Gasteiger partial charge on any atom is 0.218 e. The topological polar surface area (TPSA) is 44.2 Å². The molecule has 17 heavy (non-hydrogen) atoms. The molecule has 0 radical (unpaired) electrons. The van der Waals surface area contributed by atoms with Crippen molar-refractivity contribution in [2.45, 2.75) is 33.1 Å². The molecule has 0 aromatic carbocycles. The van der Waals surface area contributed by atoms with E-state index in [1.54, 1.807) is 6.07 Å². The lowest BCUT2D eigenvalue weighted by molar-refractivity contribution is 0.0964. The Morgan fingerprint density at radius 1 is 1.18 bits per heavy atom. The third kappa shape index (κ3) is 5.84. The lowest BCUT2D eigenvalue weighted by atomic mass is 10.4. The molecule has 0 amide bonds. The van der Waals surface area contributed by atoms with Crippen molar-refractivity contribution in [1.29, 1.82) is 0 Å². The van der Waals surface area contributed by atoms with Crippen LogP contribution in [0.4, 0.5) is 0 Å². The van der Waals surface area contributed by atoms with Crippen molar-refractivity contribution in [1.82, 2.24) is 9.97 Å². The van der Waals surface area contributed by atoms with E-state index < -0.39 is 0 Å². The van der Waals surface area contributed by atoms with Crippen LogP contribution in [0.2, 0.25) is 5.15 Å². The first-order valence-electron chi connectivity index (χ1n) is 6.00. The zero-order valence-corrected chi connectivity index (χ0v) is 11.2. The Kier molecular flexibility index (Phi) is 6.89. The van der Waals surface area contributed by atoms with Gasteiger partial charge in [-0.25, -0.2) is 4.98 Å². The lowest BCUT2D eigenvalue weighted by Gasteiger charge is -2.07. The summed E-state index contributed by atoms with van der Waals surface area (Å²) in [5.74, 6) is 1.21. The molecule has 0 unspecified atom stereocenters. The van der Waals surface area contributed by atoms with Crippen molar-refractivity contribution >= 4 is 11.6 Å². The Morgan fingerprint density at radius 2 is 2.00 bits per heavy atom. The molecule has 0 spiro atoms. The average molecular weight is 259 g/mol. The number of rotatable bonds is 8. The fourth-order valence-electron chi connectivity index (χ4n) is 1.23. The van der Waals surface area contributed by atoms with Crippen molar-refractivity contribution in [3.63, 3.8) is 0 Å². The second-order valence-electron chi connectivity index (χ2n) is 3.61. The predicted molar refractivity (Wildman–Crippen MR) is 67.6 cm³/mol. The summed E-state index contributed by atoms with van der Waals surface area (Å²) in [7, 11) is 0. The molecule has 0 N–H and O–H groups in total. The minimum atomic E-state index is 0.416. The first-order chi connectivity index (χ1) is 8.26. The van der Waals surface area contributed by atoms with Crippen LogP contribution in [-0.2, 0) is 11.2 Å². The number of hydrogen-bond donors (Lipinski definition) is 0. The molecule has 1 aromatic heterocycles. The Bertz CT molecular complexity index is 334. The van der Waals surface area contributed by atoms with Crippen LogP contribution in [0, 0.1) is 0 Å². The molecule has 5 heteroatoms. The number of halogens is 1. The summed E-state index contributed by atoms with van der Waals surface area (Å²) in [5, 5.41) is 0.416. The quantitative estimate of drug-likeness (QED) is 0.531. The second-order valence-corrected chi connectivity index (χ2v) is 4.00. The summed E-state index contributed by atoms with van der Waals surface area (Å²) in [5.41, 5.74) is 0. The van der Waals surface area contributed by atoms with Crippen LogP contribution >= 0.6 is 11.6 Å². The molecule has 0 saturated heterocycles. The minimum Gasteiger partial charge on any atom is -0.475 e. The van der Waals surface area contributed by atoms with Gasteiger partial charge in [0.1, 0.15) is 17.6 Å². The molecular formula is C12H19ClN2O2. The van der Waals surface area contributed by atoms with Gasteiger partial charge in [0.05, 0.1) is 6.61 Å². The summed E-state index contributed by atoms with van der Waals surface area (Å²) in [6, 6.07) is 1.62. The summed E-state index contributed by atoms with van der Waals surface area (Å²) in [4.78, 5) is 8.28. The van der Waals surface area contributed by atoms with E-state index in [0.29, 0.717) is 30.1 Å². The zero-order valence-electron chi connectivity index (χ0n) is 10.4. The van der Waals surface area contributed by atoms with Gasteiger partial charge in [0.2, 0.25) is 5.88 Å². The van der Waals surface area contributed by atoms with Crippen LogP contribution in [0.15, 0.2) is 6.07 Å². The number of nitrogens with zero attached hydrogens (tertiary/aromatic N) is 2. The van der Waals surface area contributed by atoms with Gasteiger partial charge in [-0.05, 0) is 6.42 Å². The Labute approximate surface area is 107 Å². The third-order valence-corrected chi connectivity index (χ3v) is 2.35. The van der Waals surface area contributed by atoms with Crippen LogP contribution in [0.5, 0.6) is 5.88 Å². The van der Waals surface area contributed by atoms with Crippen LogP contribution in [0.3, 0.4) is 0 Å². The van der Waals surface area contributed by atoms with Crippen molar-refractivity contribution < 1.29 is 9.47 Å². The molecule has 0 bridgehead atoms. The van der Waals surface area contributed by atoms with Crippen LogP contribution < -0.4 is 4.74 Å². The van der Waals surface area contributed by atoms with Gasteiger partial charge in [0.25, 0.3) is 0 Å². The maximum absolute atomic E-state index is 5.85. The number of aryl methyl sites for hydroxylation is 1. The summed E-state index contributed by atoms with van der Waals surface area (Å²) >= 11 is 5.85. The highest BCUT2D eigenvalue weighted by Gasteiger charge is 2.02. The van der Waals surface area contributed by atoms with E-state index in [-0.39, 0.29) is 0 Å². The Balaban J connectivity index is 2.28. The third-order valence-electron chi connectivity index (χ3n) is 2.15. The van der Waals surface area contributed by atoms with Crippen LogP contribution in [0.25, 0.3) is 0 Å². The number of unbranched alkanes of at least 4 members (excludes halogenated alkanes) is 1. The average Bonchev–Trinajstić information content (AvgIpc) is 2.33. The molecule has 0 aliphatic carbocycles. The van der Waals surface area contributed by atoms with Crippen LogP contribution in [-0.4, -0.2) is 29.8 Å². The largest absolute Gasteiger partial charge is 0.475 e. The van der Waals surface area contributed by atoms with E-state index in [0.717, 1.165) is 25.9 Å². The number of hydrogen-bond acceptors (Lipinski definition) is 4. The highest BCUT2D eigenvalue weighted by atomic mass is 35.5. The molecule has 0 fully saturated rings. The molecule has 1 aromatic rings. The van der Waals surface area contributed by atoms with Gasteiger partial charge in [-0.15, -0.1) is 0 Å². The molecule has 1 heterocycles. The second kappa shape index (κ2) is 8.25. The smallest absolute Gasteiger partial charge is 0.218 e. The molecule has 4 nitrogen and oxygen atoms in total. The van der Waals surface area contributed by atoms with Gasteiger partial charge in [0.15, 0.2) is 0 Å². The van der Waals surface area contributed by atoms with Gasteiger partial charge in [-0.1, -0.05) is 31.9 Å². The van der Waals surface area contributed by atoms with Crippen molar-refractivity contribution in [2.24, 2.45) is 0 Å². The van der Waals surface area contributed by atoms with E-state index in [4.69, 9.17) is 21.1 Å². The van der Waals surface area contributed by atoms with Crippen molar-refractivity contribution in [2.75, 3.05) is 19.8 Å². The highest BCUT2D eigenvalue weighted by Crippen LogP contribution is 2.13. The fraction of sp³-hybridized carbons (Fsp3) is 0.667. The lowest BCUT2D eigenvalue weighted by Crippen LogP contribution is -2.09. The van der Waals surface area contributed by atoms with E-state index in [1.165, 1.54) is 0 Å². The number of aromatic nitrogens is 2. The van der Waals surface area contributed by atoms with Crippen molar-refractivity contribution in [3.8, 4) is 5.88 Å². The molecule has 1 rings (SSSR count). The number of ether oxygens (including phenoxy) is 2. The summed E-state index contributed by atoms with van der Waals surface area (Å²) in [6.07, 6.45) is 2.96. The first-order valence-corrected chi connectivity index (χ1v) is 6.38. The van der Waals surface area contributed by atoms with Gasteiger partial charge in [-0.2, -0.15) is 4.98 Å².